The smallest absolute Gasteiger partial charge is 0.316 e. The van der Waals surface area contributed by atoms with E-state index in [4.69, 9.17) is 4.74 Å². The van der Waals surface area contributed by atoms with E-state index in [2.05, 4.69) is 27.0 Å². The highest BCUT2D eigenvalue weighted by atomic mass is 16.6. The number of rotatable bonds is 2. The number of allylic oxidation sites excluding steroid dienone is 2. The van der Waals surface area contributed by atoms with Crippen LogP contribution in [0.5, 0.6) is 0 Å². The van der Waals surface area contributed by atoms with E-state index in [1.54, 1.807) is 11.6 Å². The van der Waals surface area contributed by atoms with Gasteiger partial charge in [0.25, 0.3) is 0 Å². The second-order valence-electron chi connectivity index (χ2n) is 7.52. The topological polar surface area (TPSA) is 26.3 Å². The van der Waals surface area contributed by atoms with Crippen molar-refractivity contribution < 1.29 is 9.53 Å². The zero-order chi connectivity index (χ0) is 15.4. The molecule has 0 bridgehead atoms. The molecule has 1 heterocycles. The summed E-state index contributed by atoms with van der Waals surface area (Å²) in [5, 5.41) is 0. The number of carbonyl (C=O) groups is 1. The van der Waals surface area contributed by atoms with Crippen LogP contribution in [-0.4, -0.2) is 12.1 Å². The van der Waals surface area contributed by atoms with Crippen LogP contribution in [0.4, 0.5) is 0 Å². The summed E-state index contributed by atoms with van der Waals surface area (Å²) in [5.41, 5.74) is 3.63. The molecule has 1 saturated heterocycles. The zero-order valence-corrected chi connectivity index (χ0v) is 13.5. The molecule has 1 aliphatic heterocycles. The Balaban J connectivity index is 2.03. The predicted octanol–water partition coefficient (Wildman–Crippen LogP) is 4.58. The van der Waals surface area contributed by atoms with Crippen molar-refractivity contribution in [3.63, 3.8) is 0 Å². The Hall–Kier alpha value is -1.31. The molecule has 0 N–H and O–H groups in total. The molecule has 0 aromatic rings. The van der Waals surface area contributed by atoms with Crippen LogP contribution in [0.1, 0.15) is 52.9 Å². The van der Waals surface area contributed by atoms with E-state index < -0.39 is 5.41 Å². The van der Waals surface area contributed by atoms with Crippen LogP contribution in [0, 0.1) is 16.7 Å². The van der Waals surface area contributed by atoms with E-state index in [-0.39, 0.29) is 17.5 Å². The lowest BCUT2D eigenvalue weighted by Gasteiger charge is -2.45. The average molecular weight is 286 g/mol. The fourth-order valence-electron chi connectivity index (χ4n) is 4.50. The van der Waals surface area contributed by atoms with Crippen molar-refractivity contribution in [1.29, 1.82) is 0 Å². The van der Waals surface area contributed by atoms with E-state index in [9.17, 15) is 4.79 Å². The van der Waals surface area contributed by atoms with Crippen LogP contribution in [0.2, 0.25) is 0 Å². The summed E-state index contributed by atoms with van der Waals surface area (Å²) in [4.78, 5) is 12.3. The molecule has 21 heavy (non-hydrogen) atoms. The molecule has 3 aliphatic rings. The maximum Gasteiger partial charge on any atom is 0.316 e. The van der Waals surface area contributed by atoms with Crippen LogP contribution in [0.15, 0.2) is 36.0 Å². The van der Waals surface area contributed by atoms with Crippen molar-refractivity contribution in [2.75, 3.05) is 0 Å². The highest BCUT2D eigenvalue weighted by Crippen LogP contribution is 2.58. The summed E-state index contributed by atoms with van der Waals surface area (Å²) in [6.45, 7) is 14.7. The second kappa shape index (κ2) is 4.59. The minimum atomic E-state index is -0.536. The normalized spacial score (nSPS) is 43.0. The first-order chi connectivity index (χ1) is 9.83. The number of esters is 1. The first kappa shape index (κ1) is 14.6. The van der Waals surface area contributed by atoms with Gasteiger partial charge in [-0.25, -0.2) is 0 Å². The van der Waals surface area contributed by atoms with Gasteiger partial charge in [0.1, 0.15) is 6.10 Å². The molecule has 0 unspecified atom stereocenters. The third-order valence-corrected chi connectivity index (χ3v) is 6.32. The first-order valence-corrected chi connectivity index (χ1v) is 8.08. The predicted molar refractivity (Wildman–Crippen MR) is 84.7 cm³/mol. The molecular formula is C19H26O2. The Morgan fingerprint density at radius 2 is 2.00 bits per heavy atom. The largest absolute Gasteiger partial charge is 0.461 e. The highest BCUT2D eigenvalue weighted by molar-refractivity contribution is 5.81. The van der Waals surface area contributed by atoms with Crippen molar-refractivity contribution in [3.8, 4) is 0 Å². The SMILES string of the molecule is C=C[C@]1(C)C[C@H]([C@@]2(C)C3=C(CCC3=C)CC[C@H]2C)OC1=O. The van der Waals surface area contributed by atoms with Gasteiger partial charge in [-0.3, -0.25) is 4.79 Å². The van der Waals surface area contributed by atoms with Crippen molar-refractivity contribution in [2.24, 2.45) is 16.7 Å². The van der Waals surface area contributed by atoms with Gasteiger partial charge in [-0.05, 0) is 44.1 Å². The molecule has 2 nitrogen and oxygen atoms in total. The average Bonchev–Trinajstić information content (AvgIpc) is 2.97. The molecule has 4 atom stereocenters. The quantitative estimate of drug-likeness (QED) is 0.549. The molecule has 0 aromatic carbocycles. The van der Waals surface area contributed by atoms with E-state index in [1.807, 2.05) is 6.92 Å². The van der Waals surface area contributed by atoms with Gasteiger partial charge in [-0.2, -0.15) is 0 Å². The molecule has 2 heteroatoms. The molecule has 0 amide bonds. The minimum Gasteiger partial charge on any atom is -0.461 e. The summed E-state index contributed by atoms with van der Waals surface area (Å²) in [6, 6.07) is 0. The molecule has 0 saturated carbocycles. The summed E-state index contributed by atoms with van der Waals surface area (Å²) in [7, 11) is 0. The third-order valence-electron chi connectivity index (χ3n) is 6.32. The Bertz CT molecular complexity index is 556. The molecule has 1 fully saturated rings. The minimum absolute atomic E-state index is 0.0526. The second-order valence-corrected chi connectivity index (χ2v) is 7.52. The summed E-state index contributed by atoms with van der Waals surface area (Å²) in [5.74, 6) is 0.392. The first-order valence-electron chi connectivity index (χ1n) is 8.08. The Morgan fingerprint density at radius 1 is 1.29 bits per heavy atom. The fourth-order valence-corrected chi connectivity index (χ4v) is 4.50. The van der Waals surface area contributed by atoms with Crippen molar-refractivity contribution in [2.45, 2.75) is 59.0 Å². The Kier molecular flexibility index (Phi) is 3.20. The molecule has 3 rings (SSSR count). The Labute approximate surface area is 127 Å². The molecule has 2 aliphatic carbocycles. The van der Waals surface area contributed by atoms with Gasteiger partial charge in [0, 0.05) is 11.8 Å². The number of cyclic esters (lactones) is 1. The van der Waals surface area contributed by atoms with Gasteiger partial charge in [-0.1, -0.05) is 37.6 Å². The monoisotopic (exact) mass is 286 g/mol. The summed E-state index contributed by atoms with van der Waals surface area (Å²) in [6.07, 6.45) is 7.03. The van der Waals surface area contributed by atoms with Gasteiger partial charge in [0.2, 0.25) is 0 Å². The molecule has 114 valence electrons. The van der Waals surface area contributed by atoms with Crippen LogP contribution >= 0.6 is 0 Å². The number of carbonyl (C=O) groups excluding carboxylic acids is 1. The standard InChI is InChI=1S/C19H26O2/c1-6-18(4)11-15(21-17(18)20)19(5)13(3)8-10-14-9-7-12(2)16(14)19/h6,13,15H,1-2,7-11H2,3-5H3/t13-,15-,18-,19+/m1/s1. The van der Waals surface area contributed by atoms with Crippen molar-refractivity contribution >= 4 is 5.97 Å². The van der Waals surface area contributed by atoms with Crippen LogP contribution in [-0.2, 0) is 9.53 Å². The Morgan fingerprint density at radius 3 is 2.62 bits per heavy atom. The van der Waals surface area contributed by atoms with Crippen LogP contribution < -0.4 is 0 Å². The lowest BCUT2D eigenvalue weighted by molar-refractivity contribution is -0.150. The molecule has 0 spiro atoms. The van der Waals surface area contributed by atoms with E-state index in [0.29, 0.717) is 5.92 Å². The summed E-state index contributed by atoms with van der Waals surface area (Å²) < 4.78 is 5.85. The lowest BCUT2D eigenvalue weighted by Crippen LogP contribution is -2.42. The lowest BCUT2D eigenvalue weighted by atomic mass is 9.60. The maximum absolute atomic E-state index is 12.3. The molecule has 0 radical (unpaired) electrons. The third kappa shape index (κ3) is 1.88. The molecule has 0 aromatic heterocycles. The van der Waals surface area contributed by atoms with Crippen molar-refractivity contribution in [1.82, 2.24) is 0 Å². The highest BCUT2D eigenvalue weighted by Gasteiger charge is 2.55. The van der Waals surface area contributed by atoms with Crippen molar-refractivity contribution in [3.05, 3.63) is 36.0 Å². The van der Waals surface area contributed by atoms with Gasteiger partial charge in [0.15, 0.2) is 0 Å². The number of hydrogen-bond donors (Lipinski definition) is 0. The number of hydrogen-bond acceptors (Lipinski definition) is 2. The fraction of sp³-hybridized carbons (Fsp3) is 0.632. The summed E-state index contributed by atoms with van der Waals surface area (Å²) >= 11 is 0. The van der Waals surface area contributed by atoms with Crippen LogP contribution in [0.25, 0.3) is 0 Å². The molecular weight excluding hydrogens is 260 g/mol. The zero-order valence-electron chi connectivity index (χ0n) is 13.5. The van der Waals surface area contributed by atoms with E-state index >= 15 is 0 Å². The van der Waals surface area contributed by atoms with E-state index in [0.717, 1.165) is 19.3 Å². The number of ether oxygens (including phenoxy) is 1. The maximum atomic E-state index is 12.3. The van der Waals surface area contributed by atoms with Crippen LogP contribution in [0.3, 0.4) is 0 Å². The van der Waals surface area contributed by atoms with Gasteiger partial charge < -0.3 is 4.74 Å². The van der Waals surface area contributed by atoms with E-state index in [1.165, 1.54) is 24.0 Å². The van der Waals surface area contributed by atoms with Gasteiger partial charge >= 0.3 is 5.97 Å². The van der Waals surface area contributed by atoms with Gasteiger partial charge in [0.05, 0.1) is 5.41 Å². The van der Waals surface area contributed by atoms with Gasteiger partial charge in [-0.15, -0.1) is 6.58 Å².